The minimum atomic E-state index is 0.371. The lowest BCUT2D eigenvalue weighted by atomic mass is 10.2. The lowest BCUT2D eigenvalue weighted by molar-refractivity contribution is 0.758. The van der Waals surface area contributed by atoms with Gasteiger partial charge in [-0.1, -0.05) is 12.2 Å². The standard InChI is InChI=1S/C11H13BrN4S2/c1-6-9(10(13)17)11(16(2)15-6)14-4-8-3-7(12)5-18-8/h3,5,14H,4H2,1-2H3,(H2,13,17). The molecule has 7 heteroatoms. The fourth-order valence-electron chi connectivity index (χ4n) is 1.77. The van der Waals surface area contributed by atoms with Gasteiger partial charge in [0.2, 0.25) is 0 Å². The smallest absolute Gasteiger partial charge is 0.134 e. The second-order valence-electron chi connectivity index (χ2n) is 3.88. The van der Waals surface area contributed by atoms with E-state index in [9.17, 15) is 0 Å². The predicted molar refractivity (Wildman–Crippen MR) is 83.2 cm³/mol. The Balaban J connectivity index is 2.21. The van der Waals surface area contributed by atoms with Gasteiger partial charge in [0, 0.05) is 21.8 Å². The van der Waals surface area contributed by atoms with E-state index in [0.29, 0.717) is 4.99 Å². The molecule has 0 bridgehead atoms. The first-order valence-electron chi connectivity index (χ1n) is 5.29. The van der Waals surface area contributed by atoms with E-state index in [1.165, 1.54) is 4.88 Å². The van der Waals surface area contributed by atoms with Crippen molar-refractivity contribution >= 4 is 50.3 Å². The van der Waals surface area contributed by atoms with Crippen molar-refractivity contribution < 1.29 is 0 Å². The maximum absolute atomic E-state index is 5.74. The van der Waals surface area contributed by atoms with Crippen LogP contribution in [0.4, 0.5) is 5.82 Å². The average Bonchev–Trinajstić information content (AvgIpc) is 2.79. The van der Waals surface area contributed by atoms with Crippen molar-refractivity contribution in [3.8, 4) is 0 Å². The van der Waals surface area contributed by atoms with Gasteiger partial charge >= 0.3 is 0 Å². The minimum absolute atomic E-state index is 0.371. The normalized spacial score (nSPS) is 10.6. The van der Waals surface area contributed by atoms with Crippen LogP contribution >= 0.6 is 39.5 Å². The molecule has 0 saturated heterocycles. The molecule has 0 unspecified atom stereocenters. The quantitative estimate of drug-likeness (QED) is 0.837. The Morgan fingerprint density at radius 3 is 2.94 bits per heavy atom. The molecule has 0 aliphatic rings. The van der Waals surface area contributed by atoms with E-state index in [-0.39, 0.29) is 0 Å². The monoisotopic (exact) mass is 344 g/mol. The maximum atomic E-state index is 5.74. The molecule has 0 atom stereocenters. The number of anilines is 1. The lowest BCUT2D eigenvalue weighted by Gasteiger charge is -2.07. The van der Waals surface area contributed by atoms with E-state index in [2.05, 4.69) is 37.8 Å². The van der Waals surface area contributed by atoms with Gasteiger partial charge in [-0.2, -0.15) is 5.10 Å². The largest absolute Gasteiger partial charge is 0.389 e. The maximum Gasteiger partial charge on any atom is 0.134 e. The van der Waals surface area contributed by atoms with Crippen LogP contribution in [0.25, 0.3) is 0 Å². The topological polar surface area (TPSA) is 55.9 Å². The van der Waals surface area contributed by atoms with Gasteiger partial charge < -0.3 is 11.1 Å². The number of thiocarbonyl (C=S) groups is 1. The van der Waals surface area contributed by atoms with Crippen molar-refractivity contribution in [3.05, 3.63) is 32.1 Å². The van der Waals surface area contributed by atoms with Gasteiger partial charge in [-0.25, -0.2) is 0 Å². The first kappa shape index (κ1) is 13.5. The molecule has 0 aromatic carbocycles. The number of rotatable bonds is 4. The molecule has 0 fully saturated rings. The summed E-state index contributed by atoms with van der Waals surface area (Å²) in [7, 11) is 1.88. The Kier molecular flexibility index (Phi) is 4.04. The highest BCUT2D eigenvalue weighted by Crippen LogP contribution is 2.23. The molecule has 0 amide bonds. The second kappa shape index (κ2) is 5.38. The van der Waals surface area contributed by atoms with E-state index in [1.54, 1.807) is 16.0 Å². The first-order chi connectivity index (χ1) is 8.49. The van der Waals surface area contributed by atoms with Crippen LogP contribution in [-0.2, 0) is 13.6 Å². The third kappa shape index (κ3) is 2.73. The highest BCUT2D eigenvalue weighted by molar-refractivity contribution is 9.10. The van der Waals surface area contributed by atoms with Crippen LogP contribution in [0, 0.1) is 6.92 Å². The molecule has 0 radical (unpaired) electrons. The summed E-state index contributed by atoms with van der Waals surface area (Å²) in [5.74, 6) is 0.865. The highest BCUT2D eigenvalue weighted by atomic mass is 79.9. The van der Waals surface area contributed by atoms with E-state index in [4.69, 9.17) is 18.0 Å². The molecule has 2 aromatic rings. The number of hydrogen-bond acceptors (Lipinski definition) is 4. The van der Waals surface area contributed by atoms with E-state index in [0.717, 1.165) is 28.1 Å². The molecule has 0 aliphatic carbocycles. The van der Waals surface area contributed by atoms with Crippen molar-refractivity contribution in [2.45, 2.75) is 13.5 Å². The highest BCUT2D eigenvalue weighted by Gasteiger charge is 2.15. The molecule has 0 spiro atoms. The van der Waals surface area contributed by atoms with Crippen LogP contribution in [-0.4, -0.2) is 14.8 Å². The fourth-order valence-corrected chi connectivity index (χ4v) is 3.41. The predicted octanol–water partition coefficient (Wildman–Crippen LogP) is 2.80. The summed E-state index contributed by atoms with van der Waals surface area (Å²) < 4.78 is 2.87. The van der Waals surface area contributed by atoms with Gasteiger partial charge in [0.1, 0.15) is 10.8 Å². The molecular formula is C11H13BrN4S2. The number of aryl methyl sites for hydroxylation is 2. The fraction of sp³-hybridized carbons (Fsp3) is 0.273. The Morgan fingerprint density at radius 1 is 1.67 bits per heavy atom. The number of nitrogens with two attached hydrogens (primary N) is 1. The summed E-state index contributed by atoms with van der Waals surface area (Å²) in [6.45, 7) is 2.63. The zero-order chi connectivity index (χ0) is 13.3. The molecule has 4 nitrogen and oxygen atoms in total. The SMILES string of the molecule is Cc1nn(C)c(NCc2cc(Br)cs2)c1C(N)=S. The first-order valence-corrected chi connectivity index (χ1v) is 7.37. The van der Waals surface area contributed by atoms with Crippen molar-refractivity contribution in [2.75, 3.05) is 5.32 Å². The third-order valence-corrected chi connectivity index (χ3v) is 4.42. The summed E-state index contributed by atoms with van der Waals surface area (Å²) >= 11 is 10.2. The van der Waals surface area contributed by atoms with Crippen molar-refractivity contribution in [3.63, 3.8) is 0 Å². The number of thiophene rings is 1. The number of aromatic nitrogens is 2. The van der Waals surface area contributed by atoms with Crippen LogP contribution < -0.4 is 11.1 Å². The van der Waals surface area contributed by atoms with Gasteiger partial charge in [-0.15, -0.1) is 11.3 Å². The Hall–Kier alpha value is -0.920. The summed E-state index contributed by atoms with van der Waals surface area (Å²) in [6.07, 6.45) is 0. The Bertz CT molecular complexity index is 588. The van der Waals surface area contributed by atoms with Gasteiger partial charge in [-0.3, -0.25) is 4.68 Å². The zero-order valence-corrected chi connectivity index (χ0v) is 13.2. The summed E-state index contributed by atoms with van der Waals surface area (Å²) in [6, 6.07) is 2.08. The average molecular weight is 345 g/mol. The van der Waals surface area contributed by atoms with Crippen LogP contribution in [0.5, 0.6) is 0 Å². The van der Waals surface area contributed by atoms with Crippen LogP contribution in [0.3, 0.4) is 0 Å². The number of hydrogen-bond donors (Lipinski definition) is 2. The third-order valence-electron chi connectivity index (χ3n) is 2.52. The number of halogens is 1. The van der Waals surface area contributed by atoms with Crippen LogP contribution in [0.1, 0.15) is 16.1 Å². The van der Waals surface area contributed by atoms with Crippen molar-refractivity contribution in [1.82, 2.24) is 9.78 Å². The second-order valence-corrected chi connectivity index (χ2v) is 6.23. The molecular weight excluding hydrogens is 332 g/mol. The van der Waals surface area contributed by atoms with E-state index < -0.39 is 0 Å². The summed E-state index contributed by atoms with van der Waals surface area (Å²) in [4.78, 5) is 1.60. The minimum Gasteiger partial charge on any atom is -0.389 e. The summed E-state index contributed by atoms with van der Waals surface area (Å²) in [5, 5.41) is 9.72. The molecule has 3 N–H and O–H groups in total. The van der Waals surface area contributed by atoms with Crippen LogP contribution in [0.15, 0.2) is 15.9 Å². The van der Waals surface area contributed by atoms with Gasteiger partial charge in [0.05, 0.1) is 17.8 Å². The molecule has 96 valence electrons. The van der Waals surface area contributed by atoms with Crippen molar-refractivity contribution in [2.24, 2.45) is 12.8 Å². The molecule has 2 aromatic heterocycles. The van der Waals surface area contributed by atoms with Gasteiger partial charge in [-0.05, 0) is 28.9 Å². The van der Waals surface area contributed by atoms with E-state index in [1.807, 2.05) is 14.0 Å². The molecule has 2 rings (SSSR count). The van der Waals surface area contributed by atoms with Crippen LogP contribution in [0.2, 0.25) is 0 Å². The molecule has 0 saturated carbocycles. The lowest BCUT2D eigenvalue weighted by Crippen LogP contribution is -2.14. The number of nitrogens with zero attached hydrogens (tertiary/aromatic N) is 2. The Morgan fingerprint density at radius 2 is 2.39 bits per heavy atom. The molecule has 0 aliphatic heterocycles. The Labute approximate surface area is 123 Å². The van der Waals surface area contributed by atoms with E-state index >= 15 is 0 Å². The number of nitrogens with one attached hydrogen (secondary N) is 1. The molecule has 18 heavy (non-hydrogen) atoms. The molecule has 2 heterocycles. The van der Waals surface area contributed by atoms with Gasteiger partial charge in [0.25, 0.3) is 0 Å². The zero-order valence-electron chi connectivity index (χ0n) is 10.0. The summed E-state index contributed by atoms with van der Waals surface area (Å²) in [5.41, 5.74) is 7.40. The van der Waals surface area contributed by atoms with Crippen molar-refractivity contribution in [1.29, 1.82) is 0 Å². The van der Waals surface area contributed by atoms with Gasteiger partial charge in [0.15, 0.2) is 0 Å².